The number of aryl methyl sites for hydroxylation is 2. The zero-order chi connectivity index (χ0) is 10.4. The summed E-state index contributed by atoms with van der Waals surface area (Å²) in [7, 11) is 0. The van der Waals surface area contributed by atoms with E-state index in [9.17, 15) is 4.79 Å². The Bertz CT molecular complexity index is 295. The topological polar surface area (TPSA) is 59.8 Å². The summed E-state index contributed by atoms with van der Waals surface area (Å²) in [5.41, 5.74) is 0.906. The molecule has 1 heterocycles. The SMILES string of the molecule is CCNC(=O)CCCn1cc(C)nn1. The van der Waals surface area contributed by atoms with Crippen molar-refractivity contribution in [1.29, 1.82) is 0 Å². The minimum absolute atomic E-state index is 0.101. The Balaban J connectivity index is 2.18. The van der Waals surface area contributed by atoms with Crippen molar-refractivity contribution < 1.29 is 4.79 Å². The maximum atomic E-state index is 11.1. The minimum atomic E-state index is 0.101. The van der Waals surface area contributed by atoms with Crippen molar-refractivity contribution >= 4 is 5.91 Å². The number of hydrogen-bond acceptors (Lipinski definition) is 3. The number of carbonyl (C=O) groups excluding carboxylic acids is 1. The Morgan fingerprint density at radius 3 is 3.00 bits per heavy atom. The fraction of sp³-hybridized carbons (Fsp3) is 0.667. The molecule has 1 aromatic rings. The third-order valence-corrected chi connectivity index (χ3v) is 1.82. The first kappa shape index (κ1) is 10.7. The van der Waals surface area contributed by atoms with E-state index in [0.29, 0.717) is 13.0 Å². The Labute approximate surface area is 83.5 Å². The molecule has 0 aliphatic heterocycles. The zero-order valence-corrected chi connectivity index (χ0v) is 8.66. The Hall–Kier alpha value is -1.39. The lowest BCUT2D eigenvalue weighted by atomic mass is 10.3. The van der Waals surface area contributed by atoms with Crippen molar-refractivity contribution in [2.75, 3.05) is 6.54 Å². The molecule has 0 radical (unpaired) electrons. The van der Waals surface area contributed by atoms with Crippen LogP contribution in [0.25, 0.3) is 0 Å². The van der Waals surface area contributed by atoms with E-state index in [1.54, 1.807) is 4.68 Å². The summed E-state index contributed by atoms with van der Waals surface area (Å²) in [6.45, 7) is 5.26. The molecule has 0 saturated heterocycles. The molecule has 1 N–H and O–H groups in total. The fourth-order valence-electron chi connectivity index (χ4n) is 1.19. The molecule has 0 aliphatic rings. The van der Waals surface area contributed by atoms with Gasteiger partial charge in [0.15, 0.2) is 0 Å². The van der Waals surface area contributed by atoms with E-state index in [2.05, 4.69) is 15.6 Å². The van der Waals surface area contributed by atoms with Gasteiger partial charge in [-0.05, 0) is 20.3 Å². The molecule has 0 fully saturated rings. The normalized spacial score (nSPS) is 10.1. The van der Waals surface area contributed by atoms with Gasteiger partial charge < -0.3 is 5.32 Å². The number of amides is 1. The lowest BCUT2D eigenvalue weighted by molar-refractivity contribution is -0.121. The van der Waals surface area contributed by atoms with Crippen LogP contribution in [0.15, 0.2) is 6.20 Å². The van der Waals surface area contributed by atoms with Crippen LogP contribution in [0.5, 0.6) is 0 Å². The molecule has 0 bridgehead atoms. The number of nitrogens with one attached hydrogen (secondary N) is 1. The second-order valence-electron chi connectivity index (χ2n) is 3.18. The molecular weight excluding hydrogens is 180 g/mol. The Kier molecular flexibility index (Phi) is 4.10. The maximum absolute atomic E-state index is 11.1. The minimum Gasteiger partial charge on any atom is -0.356 e. The number of carbonyl (C=O) groups is 1. The summed E-state index contributed by atoms with van der Waals surface area (Å²) in [6.07, 6.45) is 3.22. The van der Waals surface area contributed by atoms with Gasteiger partial charge >= 0.3 is 0 Å². The first-order chi connectivity index (χ1) is 6.72. The highest BCUT2D eigenvalue weighted by atomic mass is 16.1. The fourth-order valence-corrected chi connectivity index (χ4v) is 1.19. The molecule has 0 spiro atoms. The van der Waals surface area contributed by atoms with Gasteiger partial charge in [-0.3, -0.25) is 9.48 Å². The van der Waals surface area contributed by atoms with Crippen LogP contribution in [-0.4, -0.2) is 27.4 Å². The van der Waals surface area contributed by atoms with E-state index in [0.717, 1.165) is 18.7 Å². The van der Waals surface area contributed by atoms with E-state index in [1.165, 1.54) is 0 Å². The van der Waals surface area contributed by atoms with Crippen LogP contribution in [0.4, 0.5) is 0 Å². The van der Waals surface area contributed by atoms with Gasteiger partial charge in [-0.15, -0.1) is 5.10 Å². The van der Waals surface area contributed by atoms with Crippen molar-refractivity contribution in [3.05, 3.63) is 11.9 Å². The van der Waals surface area contributed by atoms with Crippen LogP contribution >= 0.6 is 0 Å². The molecule has 5 heteroatoms. The predicted molar refractivity (Wildman–Crippen MR) is 52.7 cm³/mol. The summed E-state index contributed by atoms with van der Waals surface area (Å²) in [4.78, 5) is 11.1. The molecule has 1 amide bonds. The molecule has 78 valence electrons. The first-order valence-electron chi connectivity index (χ1n) is 4.86. The molecule has 0 aromatic carbocycles. The van der Waals surface area contributed by atoms with Gasteiger partial charge in [0, 0.05) is 25.7 Å². The highest BCUT2D eigenvalue weighted by Crippen LogP contribution is 1.95. The van der Waals surface area contributed by atoms with Crippen molar-refractivity contribution in [2.24, 2.45) is 0 Å². The van der Waals surface area contributed by atoms with Crippen molar-refractivity contribution in [3.63, 3.8) is 0 Å². The zero-order valence-electron chi connectivity index (χ0n) is 8.66. The van der Waals surface area contributed by atoms with Crippen molar-refractivity contribution in [2.45, 2.75) is 33.2 Å². The summed E-state index contributed by atoms with van der Waals surface area (Å²) >= 11 is 0. The van der Waals surface area contributed by atoms with Gasteiger partial charge in [0.25, 0.3) is 0 Å². The number of hydrogen-bond donors (Lipinski definition) is 1. The van der Waals surface area contributed by atoms with Crippen LogP contribution < -0.4 is 5.32 Å². The lowest BCUT2D eigenvalue weighted by Gasteiger charge is -2.01. The van der Waals surface area contributed by atoms with Crippen LogP contribution in [0.3, 0.4) is 0 Å². The molecule has 1 rings (SSSR count). The third-order valence-electron chi connectivity index (χ3n) is 1.82. The Morgan fingerprint density at radius 2 is 2.43 bits per heavy atom. The van der Waals surface area contributed by atoms with Crippen LogP contribution in [0, 0.1) is 6.92 Å². The van der Waals surface area contributed by atoms with Gasteiger partial charge in [0.2, 0.25) is 5.91 Å². The third kappa shape index (κ3) is 3.55. The summed E-state index contributed by atoms with van der Waals surface area (Å²) in [5, 5.41) is 10.5. The second-order valence-corrected chi connectivity index (χ2v) is 3.18. The molecular formula is C9H16N4O. The van der Waals surface area contributed by atoms with Crippen LogP contribution in [-0.2, 0) is 11.3 Å². The summed E-state index contributed by atoms with van der Waals surface area (Å²) < 4.78 is 1.76. The van der Waals surface area contributed by atoms with E-state index in [4.69, 9.17) is 0 Å². The molecule has 0 aliphatic carbocycles. The molecule has 0 saturated carbocycles. The van der Waals surface area contributed by atoms with Gasteiger partial charge in [-0.1, -0.05) is 5.21 Å². The van der Waals surface area contributed by atoms with Gasteiger partial charge in [0.05, 0.1) is 5.69 Å². The molecule has 1 aromatic heterocycles. The van der Waals surface area contributed by atoms with E-state index < -0.39 is 0 Å². The lowest BCUT2D eigenvalue weighted by Crippen LogP contribution is -2.22. The predicted octanol–water partition coefficient (Wildman–Crippen LogP) is 0.503. The molecule has 5 nitrogen and oxygen atoms in total. The van der Waals surface area contributed by atoms with Crippen molar-refractivity contribution in [3.8, 4) is 0 Å². The largest absolute Gasteiger partial charge is 0.356 e. The first-order valence-corrected chi connectivity index (χ1v) is 4.86. The monoisotopic (exact) mass is 196 g/mol. The van der Waals surface area contributed by atoms with E-state index in [1.807, 2.05) is 20.0 Å². The summed E-state index contributed by atoms with van der Waals surface area (Å²) in [6, 6.07) is 0. The number of rotatable bonds is 5. The van der Waals surface area contributed by atoms with Crippen LogP contribution in [0.1, 0.15) is 25.5 Å². The summed E-state index contributed by atoms with van der Waals surface area (Å²) in [5.74, 6) is 0.101. The number of aromatic nitrogens is 3. The smallest absolute Gasteiger partial charge is 0.220 e. The highest BCUT2D eigenvalue weighted by molar-refractivity contribution is 5.75. The number of nitrogens with zero attached hydrogens (tertiary/aromatic N) is 3. The highest BCUT2D eigenvalue weighted by Gasteiger charge is 2.00. The second kappa shape index (κ2) is 5.36. The maximum Gasteiger partial charge on any atom is 0.220 e. The Morgan fingerprint density at radius 1 is 1.64 bits per heavy atom. The van der Waals surface area contributed by atoms with E-state index >= 15 is 0 Å². The quantitative estimate of drug-likeness (QED) is 0.746. The average Bonchev–Trinajstić information content (AvgIpc) is 2.52. The van der Waals surface area contributed by atoms with Gasteiger partial charge in [-0.25, -0.2) is 0 Å². The van der Waals surface area contributed by atoms with Gasteiger partial charge in [0.1, 0.15) is 0 Å². The van der Waals surface area contributed by atoms with Crippen molar-refractivity contribution in [1.82, 2.24) is 20.3 Å². The van der Waals surface area contributed by atoms with Gasteiger partial charge in [-0.2, -0.15) is 0 Å². The molecule has 0 unspecified atom stereocenters. The molecule has 0 atom stereocenters. The van der Waals surface area contributed by atoms with E-state index in [-0.39, 0.29) is 5.91 Å². The average molecular weight is 196 g/mol. The standard InChI is InChI=1S/C9H16N4O/c1-3-10-9(14)5-4-6-13-7-8(2)11-12-13/h7H,3-6H2,1-2H3,(H,10,14). The molecule has 14 heavy (non-hydrogen) atoms. The van der Waals surface area contributed by atoms with Crippen LogP contribution in [0.2, 0.25) is 0 Å².